The lowest BCUT2D eigenvalue weighted by molar-refractivity contribution is -0.388. The molecule has 0 bridgehead atoms. The molecule has 12 N–H and O–H groups in total. The van der Waals surface area contributed by atoms with E-state index in [2.05, 4.69) is 33.8 Å². The number of ether oxygens (including phenoxy) is 9. The van der Waals surface area contributed by atoms with Crippen LogP contribution in [0, 0.1) is 46.3 Å². The molecule has 3 saturated carbocycles. The van der Waals surface area contributed by atoms with Crippen molar-refractivity contribution in [2.24, 2.45) is 46.3 Å². The Labute approximate surface area is 421 Å². The van der Waals surface area contributed by atoms with E-state index in [-0.39, 0.29) is 35.6 Å². The van der Waals surface area contributed by atoms with E-state index in [0.29, 0.717) is 42.4 Å². The van der Waals surface area contributed by atoms with E-state index in [1.165, 1.54) is 19.4 Å². The maximum absolute atomic E-state index is 12.0. The second kappa shape index (κ2) is 22.0. The highest BCUT2D eigenvalue weighted by molar-refractivity contribution is 5.26. The number of hydrogen-bond acceptors (Lipinski definition) is 21. The van der Waals surface area contributed by atoms with E-state index >= 15 is 0 Å². The second-order valence-corrected chi connectivity index (χ2v) is 23.6. The van der Waals surface area contributed by atoms with Crippen LogP contribution >= 0.6 is 0 Å². The number of fused-ring (bicyclic) bond motifs is 7. The van der Waals surface area contributed by atoms with Gasteiger partial charge in [-0.3, -0.25) is 0 Å². The molecular formula is C51H84O21. The van der Waals surface area contributed by atoms with Crippen molar-refractivity contribution in [3.8, 4) is 0 Å². The molecule has 0 aromatic rings. The number of hydrogen-bond donors (Lipinski definition) is 12. The summed E-state index contributed by atoms with van der Waals surface area (Å²) in [5, 5.41) is 126. The number of allylic oxidation sites excluding steroid dienone is 1. The van der Waals surface area contributed by atoms with Crippen molar-refractivity contribution in [3.05, 3.63) is 11.6 Å². The Morgan fingerprint density at radius 1 is 0.611 bits per heavy atom. The molecule has 5 heterocycles. The number of rotatable bonds is 14. The first-order valence-electron chi connectivity index (χ1n) is 26.7. The van der Waals surface area contributed by atoms with E-state index in [1.54, 1.807) is 0 Å². The summed E-state index contributed by atoms with van der Waals surface area (Å²) in [6.07, 6.45) is -18.2. The van der Waals surface area contributed by atoms with Crippen LogP contribution in [-0.2, 0) is 42.6 Å². The zero-order valence-electron chi connectivity index (χ0n) is 42.3. The fourth-order valence-electron chi connectivity index (χ4n) is 15.0. The predicted molar refractivity (Wildman–Crippen MR) is 248 cm³/mol. The third-order valence-electron chi connectivity index (χ3n) is 19.3. The molecule has 5 aliphatic heterocycles. The molecule has 9 rings (SSSR count). The molecule has 0 spiro atoms. The lowest BCUT2D eigenvalue weighted by Gasteiger charge is -2.58. The summed E-state index contributed by atoms with van der Waals surface area (Å²) in [7, 11) is 0. The van der Waals surface area contributed by atoms with E-state index in [4.69, 9.17) is 42.6 Å². The van der Waals surface area contributed by atoms with Gasteiger partial charge in [0.05, 0.1) is 50.3 Å². The van der Waals surface area contributed by atoms with E-state index in [0.717, 1.165) is 44.9 Å². The molecule has 0 aromatic carbocycles. The van der Waals surface area contributed by atoms with Gasteiger partial charge in [-0.1, -0.05) is 39.3 Å². The maximum atomic E-state index is 12.0. The minimum atomic E-state index is -1.73. The normalized spacial score (nSPS) is 55.1. The van der Waals surface area contributed by atoms with Crippen LogP contribution in [0.2, 0.25) is 0 Å². The topological polar surface area (TPSA) is 326 Å². The van der Waals surface area contributed by atoms with Gasteiger partial charge in [0.25, 0.3) is 0 Å². The standard InChI is InChI=1S/C51H84O21/c1-20(19-64-46-40(60)39(59)36(56)31(17-52)69-46)7-10-29-21(2)33-30(68-29)16-28-26-9-8-24-15-25(11-13-50(24,5)27(26)12-14-51(28,33)6)67-49-45(72-48-42(62)38(58)35(55)23(4)66-48)43(63)44(32(18-53)70-49)71-47-41(61)37(57)34(54)22(3)65-47/h8,20-23,25-49,52-63H,7,9-19H2,1-6H3/t20-,21+,22-,23-,25-,26+,27-,28-,29?,30-,31+,32+,33-,34-,35-,36+,37+,38+,39-,40+,41+,42+,43-,44+,45+,46+,47-,48-,49+,50-,51-/m0/s1. The molecule has 21 heteroatoms. The number of aliphatic hydroxyl groups excluding tert-OH is 12. The molecule has 0 radical (unpaired) electrons. The van der Waals surface area contributed by atoms with Gasteiger partial charge >= 0.3 is 0 Å². The van der Waals surface area contributed by atoms with Crippen molar-refractivity contribution >= 4 is 0 Å². The Balaban J connectivity index is 0.837. The Morgan fingerprint density at radius 3 is 1.85 bits per heavy atom. The molecule has 31 atom stereocenters. The van der Waals surface area contributed by atoms with Crippen LogP contribution in [0.4, 0.5) is 0 Å². The summed E-state index contributed by atoms with van der Waals surface area (Å²) < 4.78 is 55.0. The van der Waals surface area contributed by atoms with Crippen LogP contribution in [-0.4, -0.2) is 222 Å². The predicted octanol–water partition coefficient (Wildman–Crippen LogP) is -1.30. The molecule has 4 aliphatic carbocycles. The van der Waals surface area contributed by atoms with Crippen LogP contribution < -0.4 is 0 Å². The molecule has 9 aliphatic rings. The molecule has 414 valence electrons. The van der Waals surface area contributed by atoms with Gasteiger partial charge in [-0.25, -0.2) is 0 Å². The Kier molecular flexibility index (Phi) is 17.0. The summed E-state index contributed by atoms with van der Waals surface area (Å²) in [5.74, 6) is 2.35. The first-order chi connectivity index (χ1) is 34.1. The van der Waals surface area contributed by atoms with Crippen LogP contribution in [0.5, 0.6) is 0 Å². The van der Waals surface area contributed by atoms with Crippen molar-refractivity contribution in [1.82, 2.24) is 0 Å². The van der Waals surface area contributed by atoms with Gasteiger partial charge in [0.2, 0.25) is 0 Å². The van der Waals surface area contributed by atoms with Crippen LogP contribution in [0.25, 0.3) is 0 Å². The van der Waals surface area contributed by atoms with E-state index < -0.39 is 142 Å². The highest BCUT2D eigenvalue weighted by Gasteiger charge is 2.65. The molecule has 5 saturated heterocycles. The summed E-state index contributed by atoms with van der Waals surface area (Å²) in [6, 6.07) is 0. The summed E-state index contributed by atoms with van der Waals surface area (Å²) in [6.45, 7) is 11.4. The minimum absolute atomic E-state index is 0.0800. The largest absolute Gasteiger partial charge is 0.394 e. The van der Waals surface area contributed by atoms with Crippen LogP contribution in [0.3, 0.4) is 0 Å². The number of aliphatic hydroxyl groups is 12. The zero-order valence-corrected chi connectivity index (χ0v) is 42.3. The van der Waals surface area contributed by atoms with Crippen molar-refractivity contribution in [3.63, 3.8) is 0 Å². The lowest BCUT2D eigenvalue weighted by Crippen LogP contribution is -2.66. The molecular weight excluding hydrogens is 949 g/mol. The Morgan fingerprint density at radius 2 is 1.21 bits per heavy atom. The van der Waals surface area contributed by atoms with Gasteiger partial charge in [-0.2, -0.15) is 0 Å². The highest BCUT2D eigenvalue weighted by atomic mass is 16.8. The molecule has 1 unspecified atom stereocenters. The van der Waals surface area contributed by atoms with Crippen LogP contribution in [0.15, 0.2) is 11.6 Å². The van der Waals surface area contributed by atoms with Gasteiger partial charge < -0.3 is 104 Å². The van der Waals surface area contributed by atoms with Gasteiger partial charge in [0.15, 0.2) is 25.2 Å². The molecule has 8 fully saturated rings. The lowest BCUT2D eigenvalue weighted by atomic mass is 9.47. The van der Waals surface area contributed by atoms with Crippen molar-refractivity contribution in [2.45, 2.75) is 240 Å². The molecule has 0 amide bonds. The second-order valence-electron chi connectivity index (χ2n) is 23.6. The molecule has 21 nitrogen and oxygen atoms in total. The fourth-order valence-corrected chi connectivity index (χ4v) is 15.0. The maximum Gasteiger partial charge on any atom is 0.187 e. The van der Waals surface area contributed by atoms with E-state index in [9.17, 15) is 61.3 Å². The minimum Gasteiger partial charge on any atom is -0.394 e. The van der Waals surface area contributed by atoms with Crippen LogP contribution in [0.1, 0.15) is 99.3 Å². The molecule has 72 heavy (non-hydrogen) atoms. The van der Waals surface area contributed by atoms with Gasteiger partial charge in [-0.15, -0.1) is 0 Å². The summed E-state index contributed by atoms with van der Waals surface area (Å²) >= 11 is 0. The summed E-state index contributed by atoms with van der Waals surface area (Å²) in [5.41, 5.74) is 1.35. The third-order valence-corrected chi connectivity index (χ3v) is 19.3. The van der Waals surface area contributed by atoms with Crippen molar-refractivity contribution < 1.29 is 104 Å². The van der Waals surface area contributed by atoms with Gasteiger partial charge in [-0.05, 0) is 118 Å². The zero-order chi connectivity index (χ0) is 51.9. The first kappa shape index (κ1) is 55.6. The first-order valence-corrected chi connectivity index (χ1v) is 26.7. The third kappa shape index (κ3) is 10.0. The van der Waals surface area contributed by atoms with E-state index in [1.807, 2.05) is 0 Å². The quantitative estimate of drug-likeness (QED) is 0.0900. The fraction of sp³-hybridized carbons (Fsp3) is 0.961. The van der Waals surface area contributed by atoms with Crippen molar-refractivity contribution in [1.29, 1.82) is 0 Å². The Bertz CT molecular complexity index is 1850. The average molecular weight is 1030 g/mol. The smallest absolute Gasteiger partial charge is 0.187 e. The van der Waals surface area contributed by atoms with Gasteiger partial charge in [0, 0.05) is 0 Å². The highest BCUT2D eigenvalue weighted by Crippen LogP contribution is 2.69. The Hall–Kier alpha value is -1.10. The SMILES string of the molecule is C[C@@H](CCC1O[C@H]2C[C@H]3[C@@H]4CC=C5C[C@@H](O[C@@H]6O[C@H](CO)[C@@H](O[C@@H]7O[C@@H](C)[C@H](O)[C@@H](O)[C@H]7O)[C@H](O)[C@H]6O[C@@H]6O[C@@H](C)[C@H](O)[C@@H](O)[C@H]6O)CC[C@]5(C)[C@H]4CC[C@]3(C)[C@H]2[C@@H]1C)CO[C@@H]1O[C@H](CO)[C@@H](O)[C@H](O)[C@H]1O. The average Bonchev–Trinajstić information content (AvgIpc) is 3.85. The van der Waals surface area contributed by atoms with Gasteiger partial charge in [0.1, 0.15) is 85.5 Å². The van der Waals surface area contributed by atoms with Crippen molar-refractivity contribution in [2.75, 3.05) is 19.8 Å². The summed E-state index contributed by atoms with van der Waals surface area (Å²) in [4.78, 5) is 0. The monoisotopic (exact) mass is 1030 g/mol. The molecule has 0 aromatic heterocycles.